The summed E-state index contributed by atoms with van der Waals surface area (Å²) in [6.45, 7) is 1.69. The number of esters is 2. The molecule has 0 aliphatic carbocycles. The number of ether oxygens (including phenoxy) is 2. The SMILES string of the molecule is CCOC(=O)c1oc2ccccc2c1COC(=O)CC[C@H]1NC(=O)NC1=O. The van der Waals surface area contributed by atoms with Crippen LogP contribution in [0.1, 0.15) is 35.9 Å². The number of fused-ring (bicyclic) bond motifs is 1. The first-order chi connectivity index (χ1) is 13.0. The molecule has 0 radical (unpaired) electrons. The van der Waals surface area contributed by atoms with Gasteiger partial charge in [-0.1, -0.05) is 18.2 Å². The Morgan fingerprint density at radius 1 is 1.19 bits per heavy atom. The third-order valence-electron chi connectivity index (χ3n) is 4.03. The molecule has 0 saturated carbocycles. The Labute approximate surface area is 154 Å². The fourth-order valence-electron chi connectivity index (χ4n) is 2.75. The highest BCUT2D eigenvalue weighted by atomic mass is 16.5. The van der Waals surface area contributed by atoms with Crippen LogP contribution in [-0.4, -0.2) is 36.5 Å². The van der Waals surface area contributed by atoms with Crippen LogP contribution < -0.4 is 10.6 Å². The third-order valence-corrected chi connectivity index (χ3v) is 4.03. The van der Waals surface area contributed by atoms with Crippen molar-refractivity contribution in [2.75, 3.05) is 6.61 Å². The summed E-state index contributed by atoms with van der Waals surface area (Å²) in [5.74, 6) is -1.68. The van der Waals surface area contributed by atoms with E-state index in [9.17, 15) is 19.2 Å². The summed E-state index contributed by atoms with van der Waals surface area (Å²) in [6.07, 6.45) is 0.0518. The fourth-order valence-corrected chi connectivity index (χ4v) is 2.75. The van der Waals surface area contributed by atoms with Crippen molar-refractivity contribution in [2.24, 2.45) is 0 Å². The molecule has 27 heavy (non-hydrogen) atoms. The topological polar surface area (TPSA) is 124 Å². The highest BCUT2D eigenvalue weighted by Crippen LogP contribution is 2.27. The minimum atomic E-state index is -0.755. The Morgan fingerprint density at radius 3 is 2.67 bits per heavy atom. The second-order valence-electron chi connectivity index (χ2n) is 5.84. The van der Waals surface area contributed by atoms with E-state index in [1.807, 2.05) is 0 Å². The summed E-state index contributed by atoms with van der Waals surface area (Å²) >= 11 is 0. The van der Waals surface area contributed by atoms with Crippen LogP contribution in [0.3, 0.4) is 0 Å². The lowest BCUT2D eigenvalue weighted by Crippen LogP contribution is -2.29. The highest BCUT2D eigenvalue weighted by Gasteiger charge is 2.30. The standard InChI is InChI=1S/C18H18N2O7/c1-2-25-17(23)15-11(10-5-3-4-6-13(10)27-15)9-26-14(21)8-7-12-16(22)20-18(24)19-12/h3-6,12H,2,7-9H2,1H3,(H2,19,20,22,24)/t12-/m1/s1. The number of benzene rings is 1. The van der Waals surface area contributed by atoms with Gasteiger partial charge in [0.2, 0.25) is 5.76 Å². The third kappa shape index (κ3) is 4.08. The lowest BCUT2D eigenvalue weighted by Gasteiger charge is -2.08. The first kappa shape index (κ1) is 18.4. The van der Waals surface area contributed by atoms with Crippen molar-refractivity contribution in [3.8, 4) is 0 Å². The molecule has 0 spiro atoms. The number of nitrogens with one attached hydrogen (secondary N) is 2. The predicted octanol–water partition coefficient (Wildman–Crippen LogP) is 1.64. The predicted molar refractivity (Wildman–Crippen MR) is 91.7 cm³/mol. The minimum absolute atomic E-state index is 0.00622. The Balaban J connectivity index is 1.66. The van der Waals surface area contributed by atoms with Gasteiger partial charge in [-0.2, -0.15) is 0 Å². The van der Waals surface area contributed by atoms with Crippen molar-refractivity contribution < 1.29 is 33.1 Å². The summed E-state index contributed by atoms with van der Waals surface area (Å²) in [7, 11) is 0. The number of furan rings is 1. The summed E-state index contributed by atoms with van der Waals surface area (Å²) in [5, 5.41) is 5.15. The van der Waals surface area contributed by atoms with Crippen LogP contribution in [0.25, 0.3) is 11.0 Å². The summed E-state index contributed by atoms with van der Waals surface area (Å²) in [4.78, 5) is 46.6. The number of carbonyl (C=O) groups is 4. The first-order valence-electron chi connectivity index (χ1n) is 8.44. The molecule has 9 nitrogen and oxygen atoms in total. The fraction of sp³-hybridized carbons (Fsp3) is 0.333. The van der Waals surface area contributed by atoms with Crippen LogP contribution in [-0.2, 0) is 25.7 Å². The Morgan fingerprint density at radius 2 is 1.96 bits per heavy atom. The summed E-state index contributed by atoms with van der Waals surface area (Å²) in [5.41, 5.74) is 0.904. The molecule has 142 valence electrons. The molecule has 1 aliphatic rings. The molecular weight excluding hydrogens is 356 g/mol. The molecule has 2 aromatic rings. The molecule has 3 amide bonds. The van der Waals surface area contributed by atoms with Gasteiger partial charge in [-0.05, 0) is 19.4 Å². The van der Waals surface area contributed by atoms with E-state index in [1.54, 1.807) is 31.2 Å². The van der Waals surface area contributed by atoms with Gasteiger partial charge < -0.3 is 19.2 Å². The molecule has 1 atom stereocenters. The maximum absolute atomic E-state index is 12.1. The molecule has 1 saturated heterocycles. The van der Waals surface area contributed by atoms with Gasteiger partial charge in [-0.3, -0.25) is 14.9 Å². The average molecular weight is 374 g/mol. The zero-order valence-electron chi connectivity index (χ0n) is 14.6. The van der Waals surface area contributed by atoms with E-state index < -0.39 is 29.9 Å². The molecular formula is C18H18N2O7. The Bertz CT molecular complexity index is 902. The van der Waals surface area contributed by atoms with Gasteiger partial charge in [0.05, 0.1) is 12.2 Å². The van der Waals surface area contributed by atoms with Crippen molar-refractivity contribution in [1.82, 2.24) is 10.6 Å². The van der Waals surface area contributed by atoms with Gasteiger partial charge in [0.25, 0.3) is 5.91 Å². The van der Waals surface area contributed by atoms with E-state index in [2.05, 4.69) is 10.6 Å². The van der Waals surface area contributed by atoms with Crippen molar-refractivity contribution in [1.29, 1.82) is 0 Å². The van der Waals surface area contributed by atoms with Gasteiger partial charge in [-0.15, -0.1) is 0 Å². The molecule has 1 fully saturated rings. The van der Waals surface area contributed by atoms with Gasteiger partial charge >= 0.3 is 18.0 Å². The zero-order valence-corrected chi connectivity index (χ0v) is 14.6. The van der Waals surface area contributed by atoms with E-state index in [0.717, 1.165) is 0 Å². The lowest BCUT2D eigenvalue weighted by atomic mass is 10.1. The highest BCUT2D eigenvalue weighted by molar-refractivity contribution is 6.04. The smallest absolute Gasteiger partial charge is 0.374 e. The summed E-state index contributed by atoms with van der Waals surface area (Å²) in [6, 6.07) is 5.66. The lowest BCUT2D eigenvalue weighted by molar-refractivity contribution is -0.145. The number of rotatable bonds is 7. The minimum Gasteiger partial charge on any atom is -0.461 e. The maximum atomic E-state index is 12.1. The number of hydrogen-bond donors (Lipinski definition) is 2. The molecule has 1 aromatic carbocycles. The van der Waals surface area contributed by atoms with E-state index in [4.69, 9.17) is 13.9 Å². The van der Waals surface area contributed by atoms with Crippen molar-refractivity contribution in [2.45, 2.75) is 32.4 Å². The second-order valence-corrected chi connectivity index (χ2v) is 5.84. The van der Waals surface area contributed by atoms with E-state index in [0.29, 0.717) is 16.5 Å². The van der Waals surface area contributed by atoms with Crippen LogP contribution >= 0.6 is 0 Å². The van der Waals surface area contributed by atoms with Crippen molar-refractivity contribution in [3.63, 3.8) is 0 Å². The molecule has 2 N–H and O–H groups in total. The quantitative estimate of drug-likeness (QED) is 0.558. The number of hydrogen-bond acceptors (Lipinski definition) is 7. The molecule has 0 unspecified atom stereocenters. The van der Waals surface area contributed by atoms with Crippen LogP contribution in [0.15, 0.2) is 28.7 Å². The van der Waals surface area contributed by atoms with Gasteiger partial charge in [-0.25, -0.2) is 9.59 Å². The van der Waals surface area contributed by atoms with Gasteiger partial charge in [0, 0.05) is 11.8 Å². The number of amides is 3. The van der Waals surface area contributed by atoms with E-state index in [1.165, 1.54) is 0 Å². The molecule has 9 heteroatoms. The summed E-state index contributed by atoms with van der Waals surface area (Å²) < 4.78 is 15.8. The Kier molecular flexibility index (Phi) is 5.39. The molecule has 1 aromatic heterocycles. The zero-order chi connectivity index (χ0) is 19.4. The monoisotopic (exact) mass is 374 g/mol. The van der Waals surface area contributed by atoms with Crippen LogP contribution in [0, 0.1) is 0 Å². The number of urea groups is 1. The molecule has 0 bridgehead atoms. The first-order valence-corrected chi connectivity index (χ1v) is 8.44. The van der Waals surface area contributed by atoms with Crippen LogP contribution in [0.4, 0.5) is 4.79 Å². The molecule has 3 rings (SSSR count). The average Bonchev–Trinajstić information content (AvgIpc) is 3.17. The van der Waals surface area contributed by atoms with Crippen molar-refractivity contribution >= 4 is 34.8 Å². The van der Waals surface area contributed by atoms with E-state index in [-0.39, 0.29) is 31.8 Å². The second kappa shape index (κ2) is 7.90. The number of carbonyl (C=O) groups excluding carboxylic acids is 4. The normalized spacial score (nSPS) is 16.1. The van der Waals surface area contributed by atoms with Gasteiger partial charge in [0.15, 0.2) is 0 Å². The molecule has 1 aliphatic heterocycles. The Hall–Kier alpha value is -3.36. The molecule has 2 heterocycles. The number of imide groups is 1. The van der Waals surface area contributed by atoms with Crippen LogP contribution in [0.2, 0.25) is 0 Å². The number of para-hydroxylation sites is 1. The van der Waals surface area contributed by atoms with Crippen molar-refractivity contribution in [3.05, 3.63) is 35.6 Å². The van der Waals surface area contributed by atoms with Crippen LogP contribution in [0.5, 0.6) is 0 Å². The maximum Gasteiger partial charge on any atom is 0.374 e. The van der Waals surface area contributed by atoms with E-state index >= 15 is 0 Å². The largest absolute Gasteiger partial charge is 0.461 e. The van der Waals surface area contributed by atoms with Gasteiger partial charge in [0.1, 0.15) is 18.2 Å².